The average Bonchev–Trinajstić information content (AvgIpc) is 2.75. The summed E-state index contributed by atoms with van der Waals surface area (Å²) in [5.41, 5.74) is 1.16. The van der Waals surface area contributed by atoms with Crippen LogP contribution in [0.5, 0.6) is 0 Å². The fourth-order valence-electron chi connectivity index (χ4n) is 1.18. The smallest absolute Gasteiger partial charge is 1.00 e. The molecule has 0 amide bonds. The van der Waals surface area contributed by atoms with Gasteiger partial charge in [0.25, 0.3) is 0 Å². The number of halogens is 2. The summed E-state index contributed by atoms with van der Waals surface area (Å²) in [6.45, 7) is 6.66. The Kier molecular flexibility index (Phi) is 16.8. The molecule has 0 unspecified atom stereocenters. The summed E-state index contributed by atoms with van der Waals surface area (Å²) in [6, 6.07) is 1.97. The molecular weight excluding hydrogens is 305 g/mol. The van der Waals surface area contributed by atoms with Gasteiger partial charge in [-0.3, -0.25) is 6.08 Å². The van der Waals surface area contributed by atoms with Gasteiger partial charge in [0.15, 0.2) is 0 Å². The maximum atomic E-state index is 3.32. The first-order chi connectivity index (χ1) is 6.70. The van der Waals surface area contributed by atoms with E-state index in [1.165, 1.54) is 5.20 Å². The third-order valence-corrected chi connectivity index (χ3v) is 3.67. The van der Waals surface area contributed by atoms with Crippen LogP contribution in [0.15, 0.2) is 29.6 Å². The van der Waals surface area contributed by atoms with Crippen molar-refractivity contribution < 1.29 is 46.5 Å². The predicted molar refractivity (Wildman–Crippen MR) is 63.8 cm³/mol. The zero-order valence-corrected chi connectivity index (χ0v) is 14.6. The molecule has 17 heavy (non-hydrogen) atoms. The maximum absolute atomic E-state index is 3.32. The number of aromatic amines is 1. The van der Waals surface area contributed by atoms with Gasteiger partial charge < -0.3 is 29.8 Å². The molecule has 1 N–H and O–H groups in total. The van der Waals surface area contributed by atoms with E-state index in [9.17, 15) is 0 Å². The van der Waals surface area contributed by atoms with Crippen LogP contribution in [-0.2, 0) is 21.7 Å². The van der Waals surface area contributed by atoms with Crippen molar-refractivity contribution in [3.05, 3.63) is 47.4 Å². The number of aromatic nitrogens is 1. The Morgan fingerprint density at radius 1 is 1.29 bits per heavy atom. The second-order valence-electron chi connectivity index (χ2n) is 3.68. The Bertz CT molecular complexity index is 321. The standard InChI is InChI=1S/C7H11Si.C5H6N.2ClH.Ti/c1-8(2)7-5-3-4-6-7;1-5-2-3-6-4-5;;;/h3,5,8H,4H2,1-2H3;2-3,6H,1H3;2*1H;/q2*-1;;;+4/p-2. The van der Waals surface area contributed by atoms with Crippen molar-refractivity contribution in [2.75, 3.05) is 0 Å². The average molecular weight is 322 g/mol. The Labute approximate surface area is 133 Å². The van der Waals surface area contributed by atoms with E-state index >= 15 is 0 Å². The molecule has 0 aromatic carbocycles. The van der Waals surface area contributed by atoms with Crippen molar-refractivity contribution in [3.63, 3.8) is 0 Å². The van der Waals surface area contributed by atoms with Gasteiger partial charge in [-0.15, -0.1) is 12.6 Å². The molecule has 2 rings (SSSR count). The molecule has 1 aromatic heterocycles. The Morgan fingerprint density at radius 2 is 1.94 bits per heavy atom. The number of nitrogens with one attached hydrogen (secondary N) is 1. The van der Waals surface area contributed by atoms with E-state index in [4.69, 9.17) is 0 Å². The van der Waals surface area contributed by atoms with Gasteiger partial charge in [0.05, 0.1) is 0 Å². The van der Waals surface area contributed by atoms with E-state index in [-0.39, 0.29) is 46.5 Å². The summed E-state index contributed by atoms with van der Waals surface area (Å²) in [5.74, 6) is 0. The number of allylic oxidation sites excluding steroid dienone is 4. The monoisotopic (exact) mass is 321 g/mol. The molecule has 1 heterocycles. The van der Waals surface area contributed by atoms with Gasteiger partial charge in [0.1, 0.15) is 0 Å². The first-order valence-electron chi connectivity index (χ1n) is 4.99. The van der Waals surface area contributed by atoms with Crippen LogP contribution >= 0.6 is 0 Å². The van der Waals surface area contributed by atoms with Gasteiger partial charge in [-0.05, 0) is 0 Å². The van der Waals surface area contributed by atoms with Crippen molar-refractivity contribution in [1.82, 2.24) is 4.98 Å². The second kappa shape index (κ2) is 12.7. The molecule has 0 radical (unpaired) electrons. The van der Waals surface area contributed by atoms with E-state index < -0.39 is 8.80 Å². The van der Waals surface area contributed by atoms with E-state index in [1.807, 2.05) is 19.2 Å². The second-order valence-corrected chi connectivity index (χ2v) is 6.61. The minimum Gasteiger partial charge on any atom is -1.00 e. The minimum atomic E-state index is -0.504. The molecule has 5 heteroatoms. The van der Waals surface area contributed by atoms with Crippen LogP contribution in [0.25, 0.3) is 0 Å². The number of hydrogen-bond acceptors (Lipinski definition) is 0. The number of hydrogen-bond donors (Lipinski definition) is 1. The SMILES string of the molecule is C[SiH](C)C1=[C-]CC=C1.Cc1[c-][nH]cc1.[Cl-].[Cl-].[Ti+4]. The fraction of sp³-hybridized carbons (Fsp3) is 0.333. The molecule has 0 atom stereocenters. The van der Waals surface area contributed by atoms with Crippen molar-refractivity contribution in [2.24, 2.45) is 0 Å². The third kappa shape index (κ3) is 9.93. The van der Waals surface area contributed by atoms with Crippen LogP contribution in [0.4, 0.5) is 0 Å². The molecule has 0 fully saturated rings. The Morgan fingerprint density at radius 3 is 2.12 bits per heavy atom. The van der Waals surface area contributed by atoms with Crippen molar-refractivity contribution in [1.29, 1.82) is 0 Å². The van der Waals surface area contributed by atoms with Crippen LogP contribution in [0.3, 0.4) is 0 Å². The molecule has 0 saturated heterocycles. The Balaban J connectivity index is -0.000000201. The fourth-order valence-corrected chi connectivity index (χ4v) is 2.23. The van der Waals surface area contributed by atoms with Crippen LogP contribution in [0.1, 0.15) is 12.0 Å². The van der Waals surface area contributed by atoms with Gasteiger partial charge in [-0.25, -0.2) is 11.3 Å². The van der Waals surface area contributed by atoms with E-state index in [2.05, 4.69) is 42.5 Å². The van der Waals surface area contributed by atoms with Crippen molar-refractivity contribution in [3.8, 4) is 0 Å². The summed E-state index contributed by atoms with van der Waals surface area (Å²) in [7, 11) is -0.504. The molecule has 0 spiro atoms. The largest absolute Gasteiger partial charge is 4.00 e. The summed E-state index contributed by atoms with van der Waals surface area (Å²) in [6.07, 6.45) is 13.5. The first kappa shape index (κ1) is 22.5. The van der Waals surface area contributed by atoms with Gasteiger partial charge >= 0.3 is 21.7 Å². The van der Waals surface area contributed by atoms with Crippen LogP contribution in [0, 0.1) is 19.2 Å². The van der Waals surface area contributed by atoms with Gasteiger partial charge in [0.2, 0.25) is 0 Å². The first-order valence-corrected chi connectivity index (χ1v) is 7.87. The van der Waals surface area contributed by atoms with Crippen molar-refractivity contribution in [2.45, 2.75) is 26.4 Å². The van der Waals surface area contributed by atoms with Crippen LogP contribution in [-0.4, -0.2) is 13.8 Å². The minimum absolute atomic E-state index is 0. The maximum Gasteiger partial charge on any atom is 4.00 e. The van der Waals surface area contributed by atoms with Gasteiger partial charge in [0, 0.05) is 8.80 Å². The predicted octanol–water partition coefficient (Wildman–Crippen LogP) is -3.17. The normalized spacial score (nSPS) is 11.4. The van der Waals surface area contributed by atoms with E-state index in [1.54, 1.807) is 0 Å². The zero-order valence-electron chi connectivity index (χ0n) is 10.3. The zero-order chi connectivity index (χ0) is 10.4. The molecule has 0 aliphatic heterocycles. The molecule has 0 bridgehead atoms. The summed E-state index contributed by atoms with van der Waals surface area (Å²) < 4.78 is 0. The molecule has 1 aliphatic rings. The number of rotatable bonds is 1. The van der Waals surface area contributed by atoms with Crippen LogP contribution < -0.4 is 24.8 Å². The summed E-state index contributed by atoms with van der Waals surface area (Å²) >= 11 is 0. The molecule has 92 valence electrons. The topological polar surface area (TPSA) is 15.8 Å². The van der Waals surface area contributed by atoms with Crippen LogP contribution in [0.2, 0.25) is 13.1 Å². The van der Waals surface area contributed by atoms with E-state index in [0.29, 0.717) is 0 Å². The molecular formula is C12H17Cl2NSiTi. The van der Waals surface area contributed by atoms with Gasteiger partial charge in [-0.2, -0.15) is 23.9 Å². The molecule has 0 saturated carbocycles. The molecule has 1 aliphatic carbocycles. The number of aryl methyl sites for hydroxylation is 1. The van der Waals surface area contributed by atoms with Crippen molar-refractivity contribution >= 4 is 8.80 Å². The quantitative estimate of drug-likeness (QED) is 0.415. The third-order valence-electron chi connectivity index (χ3n) is 2.03. The number of H-pyrrole nitrogens is 1. The summed E-state index contributed by atoms with van der Waals surface area (Å²) in [4.78, 5) is 2.80. The molecule has 1 nitrogen and oxygen atoms in total. The van der Waals surface area contributed by atoms with Gasteiger partial charge in [-0.1, -0.05) is 20.0 Å². The summed E-state index contributed by atoms with van der Waals surface area (Å²) in [5, 5.41) is 1.50. The van der Waals surface area contributed by atoms with E-state index in [0.717, 1.165) is 12.0 Å². The Hall–Kier alpha value is 0.271. The molecule has 1 aromatic rings.